The zero-order valence-corrected chi connectivity index (χ0v) is 13.4. The minimum atomic E-state index is -1.29. The summed E-state index contributed by atoms with van der Waals surface area (Å²) in [4.78, 5) is 11.9. The minimum Gasteiger partial charge on any atom is -0.384 e. The molecular weight excluding hydrogens is 299 g/mol. The van der Waals surface area contributed by atoms with E-state index in [1.165, 1.54) is 24.3 Å². The van der Waals surface area contributed by atoms with E-state index in [0.29, 0.717) is 12.1 Å². The quantitative estimate of drug-likeness (QED) is 0.678. The summed E-state index contributed by atoms with van der Waals surface area (Å²) in [6.45, 7) is 5.66. The van der Waals surface area contributed by atoms with Gasteiger partial charge in [0.05, 0.1) is 12.2 Å². The summed E-state index contributed by atoms with van der Waals surface area (Å²) in [6.07, 6.45) is 0. The number of nitrogens with one attached hydrogen (secondary N) is 3. The van der Waals surface area contributed by atoms with E-state index in [0.717, 1.165) is 17.0 Å². The Hall–Kier alpha value is -2.41. The molecule has 0 aliphatic heterocycles. The van der Waals surface area contributed by atoms with Gasteiger partial charge in [-0.25, -0.2) is 9.18 Å². The number of hydrogen-bond acceptors (Lipinski definition) is 3. The average molecular weight is 320 g/mol. The number of carbonyl (C=O) groups is 1. The van der Waals surface area contributed by atoms with E-state index in [4.69, 9.17) is 0 Å². The molecular formula is C16H21FN4O2. The summed E-state index contributed by atoms with van der Waals surface area (Å²) in [7, 11) is 0. The molecule has 23 heavy (non-hydrogen) atoms. The van der Waals surface area contributed by atoms with Gasteiger partial charge in [0.1, 0.15) is 11.4 Å². The number of rotatable bonds is 5. The van der Waals surface area contributed by atoms with E-state index in [1.54, 1.807) is 6.92 Å². The molecule has 1 heterocycles. The minimum absolute atomic E-state index is 0.00775. The Morgan fingerprint density at radius 3 is 2.52 bits per heavy atom. The number of amides is 2. The molecule has 0 saturated carbocycles. The van der Waals surface area contributed by atoms with Crippen LogP contribution in [0, 0.1) is 19.7 Å². The second-order valence-electron chi connectivity index (χ2n) is 5.73. The van der Waals surface area contributed by atoms with Crippen molar-refractivity contribution in [3.05, 3.63) is 52.6 Å². The molecule has 2 amide bonds. The SMILES string of the molecule is Cc1n[nH]c(C)c1CNC(=O)NCC(C)(O)c1ccc(F)cc1. The summed E-state index contributed by atoms with van der Waals surface area (Å²) in [5.74, 6) is -0.374. The molecule has 2 rings (SSSR count). The van der Waals surface area contributed by atoms with Crippen LogP contribution in [0.3, 0.4) is 0 Å². The maximum absolute atomic E-state index is 12.9. The lowest BCUT2D eigenvalue weighted by atomic mass is 9.96. The lowest BCUT2D eigenvalue weighted by Gasteiger charge is -2.24. The topological polar surface area (TPSA) is 90.0 Å². The number of aryl methyl sites for hydroxylation is 2. The summed E-state index contributed by atoms with van der Waals surface area (Å²) in [5.41, 5.74) is 1.92. The average Bonchev–Trinajstić information content (AvgIpc) is 2.82. The van der Waals surface area contributed by atoms with E-state index in [2.05, 4.69) is 20.8 Å². The maximum atomic E-state index is 12.9. The first-order valence-corrected chi connectivity index (χ1v) is 7.30. The lowest BCUT2D eigenvalue weighted by Crippen LogP contribution is -2.43. The molecule has 0 bridgehead atoms. The van der Waals surface area contributed by atoms with Crippen LogP contribution >= 0.6 is 0 Å². The van der Waals surface area contributed by atoms with Gasteiger partial charge in [0.2, 0.25) is 0 Å². The van der Waals surface area contributed by atoms with Crippen LogP contribution in [0.2, 0.25) is 0 Å². The Morgan fingerprint density at radius 2 is 1.96 bits per heavy atom. The first-order chi connectivity index (χ1) is 10.8. The number of benzene rings is 1. The van der Waals surface area contributed by atoms with Gasteiger partial charge in [0.15, 0.2) is 0 Å². The van der Waals surface area contributed by atoms with Crippen molar-refractivity contribution in [2.45, 2.75) is 32.9 Å². The number of nitrogens with zero attached hydrogens (tertiary/aromatic N) is 1. The van der Waals surface area contributed by atoms with Crippen molar-refractivity contribution in [1.82, 2.24) is 20.8 Å². The molecule has 0 fully saturated rings. The van der Waals surface area contributed by atoms with Gasteiger partial charge in [0, 0.05) is 17.8 Å². The van der Waals surface area contributed by atoms with Crippen LogP contribution in [0.5, 0.6) is 0 Å². The number of hydrogen-bond donors (Lipinski definition) is 4. The van der Waals surface area contributed by atoms with E-state index in [1.807, 2.05) is 13.8 Å². The van der Waals surface area contributed by atoms with Gasteiger partial charge in [-0.1, -0.05) is 12.1 Å². The molecule has 0 aliphatic carbocycles. The van der Waals surface area contributed by atoms with Crippen molar-refractivity contribution in [3.63, 3.8) is 0 Å². The van der Waals surface area contributed by atoms with E-state index >= 15 is 0 Å². The van der Waals surface area contributed by atoms with Gasteiger partial charge >= 0.3 is 6.03 Å². The van der Waals surface area contributed by atoms with Crippen LogP contribution < -0.4 is 10.6 Å². The third-order valence-corrected chi connectivity index (χ3v) is 3.77. The zero-order chi connectivity index (χ0) is 17.0. The molecule has 0 saturated heterocycles. The first kappa shape index (κ1) is 17.0. The van der Waals surface area contributed by atoms with E-state index in [-0.39, 0.29) is 12.4 Å². The molecule has 1 aromatic heterocycles. The predicted molar refractivity (Wildman–Crippen MR) is 84.3 cm³/mol. The van der Waals surface area contributed by atoms with Crippen LogP contribution in [0.4, 0.5) is 9.18 Å². The second kappa shape index (κ2) is 6.78. The van der Waals surface area contributed by atoms with Crippen LogP contribution in [-0.4, -0.2) is 27.9 Å². The fourth-order valence-electron chi connectivity index (χ4n) is 2.23. The van der Waals surface area contributed by atoms with Gasteiger partial charge in [-0.05, 0) is 38.5 Å². The lowest BCUT2D eigenvalue weighted by molar-refractivity contribution is 0.0593. The Kier molecular flexibility index (Phi) is 5.00. The van der Waals surface area contributed by atoms with Crippen LogP contribution in [0.1, 0.15) is 29.4 Å². The second-order valence-corrected chi connectivity index (χ2v) is 5.73. The summed E-state index contributed by atoms with van der Waals surface area (Å²) in [6, 6.07) is 5.13. The zero-order valence-electron chi connectivity index (χ0n) is 13.4. The van der Waals surface area contributed by atoms with Crippen molar-refractivity contribution >= 4 is 6.03 Å². The van der Waals surface area contributed by atoms with Crippen molar-refractivity contribution in [2.75, 3.05) is 6.54 Å². The molecule has 6 nitrogen and oxygen atoms in total. The van der Waals surface area contributed by atoms with Crippen molar-refractivity contribution < 1.29 is 14.3 Å². The fourth-order valence-corrected chi connectivity index (χ4v) is 2.23. The number of halogens is 1. The smallest absolute Gasteiger partial charge is 0.315 e. The van der Waals surface area contributed by atoms with E-state index < -0.39 is 11.6 Å². The molecule has 2 aromatic rings. The largest absolute Gasteiger partial charge is 0.384 e. The van der Waals surface area contributed by atoms with Crippen LogP contribution in [0.25, 0.3) is 0 Å². The van der Waals surface area contributed by atoms with Crippen molar-refractivity contribution in [3.8, 4) is 0 Å². The fraction of sp³-hybridized carbons (Fsp3) is 0.375. The van der Waals surface area contributed by atoms with E-state index in [9.17, 15) is 14.3 Å². The maximum Gasteiger partial charge on any atom is 0.315 e. The third-order valence-electron chi connectivity index (χ3n) is 3.77. The number of urea groups is 1. The Morgan fingerprint density at radius 1 is 1.30 bits per heavy atom. The number of aromatic nitrogens is 2. The Bertz CT molecular complexity index is 660. The van der Waals surface area contributed by atoms with Gasteiger partial charge in [-0.15, -0.1) is 0 Å². The highest BCUT2D eigenvalue weighted by atomic mass is 19.1. The molecule has 0 radical (unpaired) electrons. The molecule has 7 heteroatoms. The van der Waals surface area contributed by atoms with Crippen molar-refractivity contribution in [1.29, 1.82) is 0 Å². The predicted octanol–water partition coefficient (Wildman–Crippen LogP) is 1.87. The van der Waals surface area contributed by atoms with Gasteiger partial charge in [0.25, 0.3) is 0 Å². The van der Waals surface area contributed by atoms with Gasteiger partial charge in [-0.3, -0.25) is 5.10 Å². The molecule has 0 aliphatic rings. The molecule has 0 spiro atoms. The molecule has 1 aromatic carbocycles. The molecule has 1 atom stereocenters. The normalized spacial score (nSPS) is 13.4. The highest BCUT2D eigenvalue weighted by Gasteiger charge is 2.23. The Labute approximate surface area is 134 Å². The standard InChI is InChI=1S/C16H21FN4O2/c1-10-14(11(2)21-20-10)8-18-15(22)19-9-16(3,23)12-4-6-13(17)7-5-12/h4-7,23H,8-9H2,1-3H3,(H,20,21)(H2,18,19,22). The third kappa shape index (κ3) is 4.29. The first-order valence-electron chi connectivity index (χ1n) is 7.30. The number of carbonyl (C=O) groups excluding carboxylic acids is 1. The number of aliphatic hydroxyl groups is 1. The Balaban J connectivity index is 1.87. The highest BCUT2D eigenvalue weighted by Crippen LogP contribution is 2.19. The highest BCUT2D eigenvalue weighted by molar-refractivity contribution is 5.74. The van der Waals surface area contributed by atoms with Gasteiger partial charge < -0.3 is 15.7 Å². The number of aromatic amines is 1. The van der Waals surface area contributed by atoms with Crippen LogP contribution in [-0.2, 0) is 12.1 Å². The molecule has 124 valence electrons. The summed E-state index contributed by atoms with van der Waals surface area (Å²) < 4.78 is 12.9. The summed E-state index contributed by atoms with van der Waals surface area (Å²) >= 11 is 0. The number of H-pyrrole nitrogens is 1. The summed E-state index contributed by atoms with van der Waals surface area (Å²) in [5, 5.41) is 22.6. The van der Waals surface area contributed by atoms with Crippen LogP contribution in [0.15, 0.2) is 24.3 Å². The van der Waals surface area contributed by atoms with Gasteiger partial charge in [-0.2, -0.15) is 5.10 Å². The molecule has 4 N–H and O–H groups in total. The monoisotopic (exact) mass is 320 g/mol. The molecule has 1 unspecified atom stereocenters. The van der Waals surface area contributed by atoms with Crippen molar-refractivity contribution in [2.24, 2.45) is 0 Å².